The van der Waals surface area contributed by atoms with Crippen molar-refractivity contribution in [3.05, 3.63) is 76.3 Å². The average Bonchev–Trinajstić information content (AvgIpc) is 3.00. The zero-order valence-corrected chi connectivity index (χ0v) is 26.9. The van der Waals surface area contributed by atoms with Crippen molar-refractivity contribution in [1.29, 1.82) is 0 Å². The van der Waals surface area contributed by atoms with Crippen LogP contribution in [-0.4, -0.2) is 65.6 Å². The van der Waals surface area contributed by atoms with Crippen LogP contribution < -0.4 is 23.8 Å². The number of amides is 2. The first-order chi connectivity index (χ1) is 20.5. The topological polar surface area (TPSA) is 114 Å². The Morgan fingerprint density at radius 2 is 1.60 bits per heavy atom. The van der Waals surface area contributed by atoms with E-state index in [9.17, 15) is 18.0 Å². The van der Waals surface area contributed by atoms with Gasteiger partial charge in [-0.2, -0.15) is 0 Å². The first kappa shape index (κ1) is 33.8. The first-order valence-electron chi connectivity index (χ1n) is 13.4. The van der Waals surface area contributed by atoms with Crippen molar-refractivity contribution in [2.45, 2.75) is 37.8 Å². The van der Waals surface area contributed by atoms with Crippen molar-refractivity contribution in [1.82, 2.24) is 10.2 Å². The van der Waals surface area contributed by atoms with Crippen molar-refractivity contribution in [3.63, 3.8) is 0 Å². The predicted octanol–water partition coefficient (Wildman–Crippen LogP) is 5.16. The lowest BCUT2D eigenvalue weighted by Gasteiger charge is -2.33. The number of benzene rings is 3. The van der Waals surface area contributed by atoms with Gasteiger partial charge in [0.05, 0.1) is 31.4 Å². The Morgan fingerprint density at radius 1 is 0.930 bits per heavy atom. The number of carbonyl (C=O) groups is 2. The number of nitrogens with zero attached hydrogens (tertiary/aromatic N) is 2. The largest absolute Gasteiger partial charge is 0.494 e. The third-order valence-electron chi connectivity index (χ3n) is 6.65. The minimum Gasteiger partial charge on any atom is -0.494 e. The molecule has 0 radical (unpaired) electrons. The summed E-state index contributed by atoms with van der Waals surface area (Å²) in [7, 11) is -0.0421. The Morgan fingerprint density at radius 3 is 2.16 bits per heavy atom. The van der Waals surface area contributed by atoms with Gasteiger partial charge in [0.15, 0.2) is 11.5 Å². The lowest BCUT2D eigenvalue weighted by Crippen LogP contribution is -2.51. The van der Waals surface area contributed by atoms with Crippen LogP contribution in [0.25, 0.3) is 0 Å². The van der Waals surface area contributed by atoms with E-state index in [-0.39, 0.29) is 29.3 Å². The summed E-state index contributed by atoms with van der Waals surface area (Å²) >= 11 is 12.5. The molecule has 13 heteroatoms. The van der Waals surface area contributed by atoms with Gasteiger partial charge >= 0.3 is 0 Å². The van der Waals surface area contributed by atoms with Gasteiger partial charge in [-0.3, -0.25) is 13.9 Å². The molecule has 10 nitrogen and oxygen atoms in total. The monoisotopic (exact) mass is 651 g/mol. The van der Waals surface area contributed by atoms with E-state index >= 15 is 0 Å². The minimum absolute atomic E-state index is 0.0612. The third kappa shape index (κ3) is 8.04. The Labute approximate surface area is 262 Å². The van der Waals surface area contributed by atoms with E-state index in [1.807, 2.05) is 6.92 Å². The van der Waals surface area contributed by atoms with Gasteiger partial charge < -0.3 is 24.4 Å². The van der Waals surface area contributed by atoms with Gasteiger partial charge in [-0.25, -0.2) is 8.42 Å². The van der Waals surface area contributed by atoms with Crippen molar-refractivity contribution < 1.29 is 32.2 Å². The molecular weight excluding hydrogens is 617 g/mol. The van der Waals surface area contributed by atoms with Crippen LogP contribution in [0.2, 0.25) is 10.0 Å². The molecule has 0 fully saturated rings. The normalized spacial score (nSPS) is 11.8. The number of halogens is 2. The quantitative estimate of drug-likeness (QED) is 0.256. The van der Waals surface area contributed by atoms with Gasteiger partial charge in [0.25, 0.3) is 10.0 Å². The Bertz CT molecular complexity index is 1540. The number of hydrogen-bond donors (Lipinski definition) is 1. The number of hydrogen-bond acceptors (Lipinski definition) is 7. The molecule has 232 valence electrons. The summed E-state index contributed by atoms with van der Waals surface area (Å²) < 4.78 is 45.4. The maximum absolute atomic E-state index is 14.2. The molecule has 3 rings (SSSR count). The molecule has 0 aromatic heterocycles. The van der Waals surface area contributed by atoms with Gasteiger partial charge in [-0.15, -0.1) is 0 Å². The molecule has 0 saturated heterocycles. The molecule has 43 heavy (non-hydrogen) atoms. The Hall–Kier alpha value is -3.67. The number of likely N-dealkylation sites (N-methyl/N-ethyl adjacent to an activating group) is 1. The molecule has 3 aromatic carbocycles. The fourth-order valence-corrected chi connectivity index (χ4v) is 6.33. The van der Waals surface area contributed by atoms with E-state index in [2.05, 4.69) is 5.32 Å². The molecular formula is C30H35Cl2N3O7S. The highest BCUT2D eigenvalue weighted by Gasteiger charge is 2.34. The van der Waals surface area contributed by atoms with E-state index in [1.165, 1.54) is 50.4 Å². The summed E-state index contributed by atoms with van der Waals surface area (Å²) in [5, 5.41) is 3.30. The Balaban J connectivity index is 2.12. The van der Waals surface area contributed by atoms with Gasteiger partial charge in [0, 0.05) is 29.7 Å². The van der Waals surface area contributed by atoms with Gasteiger partial charge in [-0.1, -0.05) is 36.2 Å². The average molecular weight is 653 g/mol. The molecule has 0 aliphatic carbocycles. The highest BCUT2D eigenvalue weighted by molar-refractivity contribution is 7.92. The van der Waals surface area contributed by atoms with Crippen LogP contribution in [0.3, 0.4) is 0 Å². The Kier molecular flexibility index (Phi) is 11.9. The van der Waals surface area contributed by atoms with Gasteiger partial charge in [0.1, 0.15) is 18.3 Å². The van der Waals surface area contributed by atoms with Crippen molar-refractivity contribution in [2.24, 2.45) is 0 Å². The molecule has 1 atom stereocenters. The van der Waals surface area contributed by atoms with Gasteiger partial charge in [0.2, 0.25) is 11.8 Å². The van der Waals surface area contributed by atoms with Crippen LogP contribution in [0, 0.1) is 0 Å². The van der Waals surface area contributed by atoms with Crippen molar-refractivity contribution in [3.8, 4) is 17.2 Å². The van der Waals surface area contributed by atoms with Crippen LogP contribution in [0.1, 0.15) is 25.8 Å². The molecule has 2 amide bonds. The maximum Gasteiger partial charge on any atom is 0.264 e. The van der Waals surface area contributed by atoms with Crippen LogP contribution in [0.4, 0.5) is 5.69 Å². The smallest absolute Gasteiger partial charge is 0.264 e. The van der Waals surface area contributed by atoms with Crippen LogP contribution in [0.15, 0.2) is 65.6 Å². The van der Waals surface area contributed by atoms with E-state index in [1.54, 1.807) is 43.3 Å². The molecule has 0 aliphatic rings. The second-order valence-electron chi connectivity index (χ2n) is 9.25. The van der Waals surface area contributed by atoms with Crippen LogP contribution in [-0.2, 0) is 26.2 Å². The zero-order chi connectivity index (χ0) is 31.7. The van der Waals surface area contributed by atoms with Crippen molar-refractivity contribution >= 4 is 50.7 Å². The molecule has 0 aliphatic heterocycles. The maximum atomic E-state index is 14.2. The lowest BCUT2D eigenvalue weighted by molar-refractivity contribution is -0.140. The number of methoxy groups -OCH3 is 2. The number of rotatable bonds is 14. The summed E-state index contributed by atoms with van der Waals surface area (Å²) in [5.74, 6) is 0.0418. The predicted molar refractivity (Wildman–Crippen MR) is 167 cm³/mol. The van der Waals surface area contributed by atoms with E-state index < -0.39 is 34.4 Å². The molecule has 0 saturated carbocycles. The van der Waals surface area contributed by atoms with E-state index in [0.29, 0.717) is 33.7 Å². The number of nitrogens with one attached hydrogen (secondary N) is 1. The van der Waals surface area contributed by atoms with Crippen LogP contribution >= 0.6 is 23.2 Å². The first-order valence-corrected chi connectivity index (χ1v) is 15.6. The van der Waals surface area contributed by atoms with E-state index in [4.69, 9.17) is 37.4 Å². The highest BCUT2D eigenvalue weighted by Crippen LogP contribution is 2.33. The molecule has 1 N–H and O–H groups in total. The van der Waals surface area contributed by atoms with Gasteiger partial charge in [-0.05, 0) is 67.4 Å². The fourth-order valence-electron chi connectivity index (χ4n) is 4.43. The molecule has 0 spiro atoms. The lowest BCUT2D eigenvalue weighted by atomic mass is 10.1. The summed E-state index contributed by atoms with van der Waals surface area (Å²) in [6.45, 7) is 3.33. The third-order valence-corrected chi connectivity index (χ3v) is 9.00. The summed E-state index contributed by atoms with van der Waals surface area (Å²) in [6.07, 6.45) is 0.266. The summed E-state index contributed by atoms with van der Waals surface area (Å²) in [6, 6.07) is 14.4. The number of carbonyl (C=O) groups excluding carboxylic acids is 2. The summed E-state index contributed by atoms with van der Waals surface area (Å²) in [4.78, 5) is 28.2. The number of ether oxygens (including phenoxy) is 3. The van der Waals surface area contributed by atoms with Crippen molar-refractivity contribution in [2.75, 3.05) is 38.7 Å². The number of sulfonamides is 1. The summed E-state index contributed by atoms with van der Waals surface area (Å²) in [5.41, 5.74) is 0.751. The standard InChI is InChI=1S/C30H35Cl2N3O7S/c1-6-26(30(37)33-3)34(18-20-8-9-21(31)16-25(20)32)29(36)19-35(22-10-12-23(13-11-22)42-7-2)43(38,39)24-14-15-27(40-4)28(17-24)41-5/h8-17,26H,6-7,18-19H2,1-5H3,(H,33,37)/t26-/m1/s1. The SMILES string of the molecule is CCOc1ccc(N(CC(=O)N(Cc2ccc(Cl)cc2Cl)[C@H](CC)C(=O)NC)S(=O)(=O)c2ccc(OC)c(OC)c2)cc1. The fraction of sp³-hybridized carbons (Fsp3) is 0.333. The number of anilines is 1. The van der Waals surface area contributed by atoms with Crippen LogP contribution in [0.5, 0.6) is 17.2 Å². The zero-order valence-electron chi connectivity index (χ0n) is 24.6. The molecule has 0 bridgehead atoms. The van der Waals surface area contributed by atoms with E-state index in [0.717, 1.165) is 4.31 Å². The molecule has 0 unspecified atom stereocenters. The second kappa shape index (κ2) is 15.2. The molecule has 3 aromatic rings. The molecule has 0 heterocycles. The minimum atomic E-state index is -4.34. The highest BCUT2D eigenvalue weighted by atomic mass is 35.5. The second-order valence-corrected chi connectivity index (χ2v) is 12.0.